The van der Waals surface area contributed by atoms with Gasteiger partial charge >= 0.3 is 6.18 Å². The van der Waals surface area contributed by atoms with Crippen molar-refractivity contribution in [2.75, 3.05) is 17.6 Å². The predicted molar refractivity (Wildman–Crippen MR) is 77.0 cm³/mol. The van der Waals surface area contributed by atoms with E-state index in [1.54, 1.807) is 12.1 Å². The molecule has 0 radical (unpaired) electrons. The predicted octanol–water partition coefficient (Wildman–Crippen LogP) is 3.88. The molecule has 1 aliphatic rings. The zero-order valence-corrected chi connectivity index (χ0v) is 11.9. The van der Waals surface area contributed by atoms with E-state index in [1.807, 2.05) is 12.1 Å². The average Bonchev–Trinajstić information content (AvgIpc) is 2.84. The Labute approximate surface area is 121 Å². The van der Waals surface area contributed by atoms with Crippen LogP contribution in [-0.2, 0) is 0 Å². The van der Waals surface area contributed by atoms with E-state index < -0.39 is 11.9 Å². The number of hydrogen-bond donors (Lipinski definition) is 2. The number of nitrogens with one attached hydrogen (secondary N) is 1. The fourth-order valence-corrected chi connectivity index (χ4v) is 3.36. The SMILES string of the molecule is NCC1CCCC1Nc1ccccc1SCC(F)(F)F. The number of rotatable bonds is 5. The average molecular weight is 304 g/mol. The second kappa shape index (κ2) is 6.72. The van der Waals surface area contributed by atoms with E-state index in [1.165, 1.54) is 0 Å². The van der Waals surface area contributed by atoms with Gasteiger partial charge in [0.2, 0.25) is 0 Å². The van der Waals surface area contributed by atoms with Gasteiger partial charge in [0.05, 0.1) is 5.75 Å². The smallest absolute Gasteiger partial charge is 0.381 e. The molecule has 2 unspecified atom stereocenters. The van der Waals surface area contributed by atoms with Crippen LogP contribution in [0.25, 0.3) is 0 Å². The van der Waals surface area contributed by atoms with Crippen LogP contribution in [0.5, 0.6) is 0 Å². The van der Waals surface area contributed by atoms with Crippen molar-refractivity contribution in [3.05, 3.63) is 24.3 Å². The molecule has 3 N–H and O–H groups in total. The molecule has 6 heteroatoms. The molecule has 1 aromatic rings. The Hall–Kier alpha value is -0.880. The van der Waals surface area contributed by atoms with Crippen LogP contribution in [-0.4, -0.2) is 24.5 Å². The van der Waals surface area contributed by atoms with Crippen LogP contribution in [0.4, 0.5) is 18.9 Å². The van der Waals surface area contributed by atoms with Crippen LogP contribution < -0.4 is 11.1 Å². The van der Waals surface area contributed by atoms with Gasteiger partial charge in [0.15, 0.2) is 0 Å². The molecule has 1 aliphatic carbocycles. The van der Waals surface area contributed by atoms with Crippen molar-refractivity contribution >= 4 is 17.4 Å². The van der Waals surface area contributed by atoms with Crippen molar-refractivity contribution in [1.82, 2.24) is 0 Å². The molecule has 1 fully saturated rings. The second-order valence-corrected chi connectivity index (χ2v) is 6.09. The maximum absolute atomic E-state index is 12.3. The number of para-hydroxylation sites is 1. The first-order valence-electron chi connectivity index (χ1n) is 6.75. The molecule has 1 saturated carbocycles. The first kappa shape index (κ1) is 15.5. The molecule has 0 amide bonds. The van der Waals surface area contributed by atoms with Crippen molar-refractivity contribution in [2.24, 2.45) is 11.7 Å². The fraction of sp³-hybridized carbons (Fsp3) is 0.571. The number of anilines is 1. The van der Waals surface area contributed by atoms with Crippen molar-refractivity contribution in [3.8, 4) is 0 Å². The van der Waals surface area contributed by atoms with Gasteiger partial charge in [-0.25, -0.2) is 0 Å². The van der Waals surface area contributed by atoms with Gasteiger partial charge in [0.25, 0.3) is 0 Å². The lowest BCUT2D eigenvalue weighted by molar-refractivity contribution is -0.105. The van der Waals surface area contributed by atoms with Gasteiger partial charge < -0.3 is 11.1 Å². The van der Waals surface area contributed by atoms with Gasteiger partial charge in [0, 0.05) is 16.6 Å². The summed E-state index contributed by atoms with van der Waals surface area (Å²) in [5.74, 6) is -0.452. The van der Waals surface area contributed by atoms with Gasteiger partial charge in [0.1, 0.15) is 0 Å². The molecule has 0 heterocycles. The van der Waals surface area contributed by atoms with E-state index in [-0.39, 0.29) is 6.04 Å². The minimum atomic E-state index is -4.15. The van der Waals surface area contributed by atoms with Crippen LogP contribution in [0.3, 0.4) is 0 Å². The van der Waals surface area contributed by atoms with E-state index in [0.29, 0.717) is 17.4 Å². The van der Waals surface area contributed by atoms with Gasteiger partial charge in [-0.15, -0.1) is 11.8 Å². The number of nitrogens with two attached hydrogens (primary N) is 1. The summed E-state index contributed by atoms with van der Waals surface area (Å²) in [6.07, 6.45) is -0.908. The van der Waals surface area contributed by atoms with Crippen LogP contribution >= 0.6 is 11.8 Å². The lowest BCUT2D eigenvalue weighted by Crippen LogP contribution is -2.29. The molecule has 20 heavy (non-hydrogen) atoms. The highest BCUT2D eigenvalue weighted by Gasteiger charge is 2.29. The topological polar surface area (TPSA) is 38.0 Å². The van der Waals surface area contributed by atoms with Gasteiger partial charge in [-0.2, -0.15) is 13.2 Å². The number of benzene rings is 1. The highest BCUT2D eigenvalue weighted by atomic mass is 32.2. The molecular formula is C14H19F3N2S. The first-order chi connectivity index (χ1) is 9.49. The molecule has 112 valence electrons. The largest absolute Gasteiger partial charge is 0.398 e. The number of thioether (sulfide) groups is 1. The third-order valence-corrected chi connectivity index (χ3v) is 4.72. The van der Waals surface area contributed by atoms with Crippen LogP contribution in [0.15, 0.2) is 29.2 Å². The van der Waals surface area contributed by atoms with E-state index in [0.717, 1.165) is 36.7 Å². The van der Waals surface area contributed by atoms with Crippen LogP contribution in [0.2, 0.25) is 0 Å². The molecule has 0 aromatic heterocycles. The Bertz CT molecular complexity index is 437. The quantitative estimate of drug-likeness (QED) is 0.811. The summed E-state index contributed by atoms with van der Waals surface area (Å²) in [5.41, 5.74) is 6.52. The highest BCUT2D eigenvalue weighted by molar-refractivity contribution is 7.99. The molecular weight excluding hydrogens is 285 g/mol. The summed E-state index contributed by atoms with van der Waals surface area (Å²) in [6, 6.07) is 7.44. The van der Waals surface area contributed by atoms with Crippen molar-refractivity contribution in [1.29, 1.82) is 0 Å². The lowest BCUT2D eigenvalue weighted by Gasteiger charge is -2.22. The minimum Gasteiger partial charge on any atom is -0.381 e. The third kappa shape index (κ3) is 4.31. The summed E-state index contributed by atoms with van der Waals surface area (Å²) in [4.78, 5) is 0.646. The maximum atomic E-state index is 12.3. The summed E-state index contributed by atoms with van der Waals surface area (Å²) in [6.45, 7) is 0.621. The second-order valence-electron chi connectivity index (χ2n) is 5.08. The normalized spacial score (nSPS) is 23.0. The van der Waals surface area contributed by atoms with Crippen molar-refractivity contribution in [3.63, 3.8) is 0 Å². The summed E-state index contributed by atoms with van der Waals surface area (Å²) >= 11 is 0.827. The summed E-state index contributed by atoms with van der Waals surface area (Å²) in [5, 5.41) is 3.38. The number of halogens is 3. The van der Waals surface area contributed by atoms with Gasteiger partial charge in [-0.1, -0.05) is 18.6 Å². The van der Waals surface area contributed by atoms with Gasteiger partial charge in [-0.3, -0.25) is 0 Å². The zero-order chi connectivity index (χ0) is 14.6. The molecule has 2 atom stereocenters. The van der Waals surface area contributed by atoms with Crippen LogP contribution in [0.1, 0.15) is 19.3 Å². The molecule has 1 aromatic carbocycles. The molecule has 0 saturated heterocycles. The fourth-order valence-electron chi connectivity index (χ4n) is 2.58. The zero-order valence-electron chi connectivity index (χ0n) is 11.1. The minimum absolute atomic E-state index is 0.271. The van der Waals surface area contributed by atoms with E-state index >= 15 is 0 Å². The number of alkyl halides is 3. The van der Waals surface area contributed by atoms with E-state index in [9.17, 15) is 13.2 Å². The Morgan fingerprint density at radius 2 is 2.00 bits per heavy atom. The number of hydrogen-bond acceptors (Lipinski definition) is 3. The molecule has 0 spiro atoms. The standard InChI is InChI=1S/C14H19F3N2S/c15-14(16,17)9-20-13-7-2-1-5-12(13)19-11-6-3-4-10(11)8-18/h1-2,5,7,10-11,19H,3-4,6,8-9,18H2. The maximum Gasteiger partial charge on any atom is 0.398 e. The van der Waals surface area contributed by atoms with E-state index in [2.05, 4.69) is 5.32 Å². The Balaban J connectivity index is 2.04. The molecule has 0 aliphatic heterocycles. The van der Waals surface area contributed by atoms with E-state index in [4.69, 9.17) is 5.73 Å². The van der Waals surface area contributed by atoms with Crippen molar-refractivity contribution < 1.29 is 13.2 Å². The Kier molecular flexibility index (Phi) is 5.21. The monoisotopic (exact) mass is 304 g/mol. The lowest BCUT2D eigenvalue weighted by atomic mass is 10.0. The summed E-state index contributed by atoms with van der Waals surface area (Å²) < 4.78 is 37.0. The Morgan fingerprint density at radius 3 is 2.70 bits per heavy atom. The Morgan fingerprint density at radius 1 is 1.25 bits per heavy atom. The van der Waals surface area contributed by atoms with Gasteiger partial charge in [-0.05, 0) is 37.4 Å². The molecule has 2 nitrogen and oxygen atoms in total. The van der Waals surface area contributed by atoms with Crippen molar-refractivity contribution in [2.45, 2.75) is 36.4 Å². The summed E-state index contributed by atoms with van der Waals surface area (Å²) in [7, 11) is 0. The van der Waals surface area contributed by atoms with Crippen LogP contribution in [0, 0.1) is 5.92 Å². The molecule has 0 bridgehead atoms. The highest BCUT2D eigenvalue weighted by Crippen LogP contribution is 2.35. The molecule has 2 rings (SSSR count). The third-order valence-electron chi connectivity index (χ3n) is 3.58. The first-order valence-corrected chi connectivity index (χ1v) is 7.73.